The molecule has 0 N–H and O–H groups in total. The van der Waals surface area contributed by atoms with Gasteiger partial charge in [-0.25, -0.2) is 0 Å². The van der Waals surface area contributed by atoms with E-state index >= 15 is 0 Å². The highest BCUT2D eigenvalue weighted by Gasteiger charge is 2.29. The highest BCUT2D eigenvalue weighted by atomic mass is 16.5. The molecule has 0 aromatic carbocycles. The van der Waals surface area contributed by atoms with Crippen LogP contribution in [-0.2, 0) is 9.53 Å². The largest absolute Gasteiger partial charge is 0.373 e. The van der Waals surface area contributed by atoms with Crippen LogP contribution in [0.2, 0.25) is 0 Å². The van der Waals surface area contributed by atoms with E-state index in [0.29, 0.717) is 11.7 Å². The van der Waals surface area contributed by atoms with Gasteiger partial charge in [-0.05, 0) is 25.2 Å². The molecule has 1 saturated carbocycles. The van der Waals surface area contributed by atoms with E-state index < -0.39 is 0 Å². The number of carbonyl (C=O) groups is 1. The van der Waals surface area contributed by atoms with Crippen LogP contribution in [0.3, 0.4) is 0 Å². The van der Waals surface area contributed by atoms with Gasteiger partial charge in [-0.15, -0.1) is 0 Å². The molecule has 0 amide bonds. The molecular weight excluding hydrogens is 236 g/mol. The van der Waals surface area contributed by atoms with E-state index in [1.807, 2.05) is 0 Å². The lowest BCUT2D eigenvalue weighted by Gasteiger charge is -2.20. The number of hydrogen-bond donors (Lipinski definition) is 0. The summed E-state index contributed by atoms with van der Waals surface area (Å²) in [6.07, 6.45) is 14.4. The van der Waals surface area contributed by atoms with Crippen molar-refractivity contribution in [3.8, 4) is 0 Å². The third-order valence-corrected chi connectivity index (χ3v) is 4.43. The van der Waals surface area contributed by atoms with Crippen LogP contribution >= 0.6 is 0 Å². The molecule has 0 saturated heterocycles. The first-order valence-electron chi connectivity index (χ1n) is 8.35. The second kappa shape index (κ2) is 10.4. The van der Waals surface area contributed by atoms with Gasteiger partial charge in [0, 0.05) is 13.5 Å². The zero-order valence-electron chi connectivity index (χ0n) is 13.0. The first-order chi connectivity index (χ1) is 9.29. The summed E-state index contributed by atoms with van der Waals surface area (Å²) in [4.78, 5) is 12.2. The number of ether oxygens (including phenoxy) is 1. The lowest BCUT2D eigenvalue weighted by Crippen LogP contribution is -2.30. The van der Waals surface area contributed by atoms with Gasteiger partial charge in [0.25, 0.3) is 0 Å². The molecule has 1 rings (SSSR count). The van der Waals surface area contributed by atoms with E-state index in [-0.39, 0.29) is 6.10 Å². The summed E-state index contributed by atoms with van der Waals surface area (Å²) >= 11 is 0. The molecule has 0 radical (unpaired) electrons. The minimum absolute atomic E-state index is 0.109. The predicted molar refractivity (Wildman–Crippen MR) is 80.4 cm³/mol. The highest BCUT2D eigenvalue weighted by molar-refractivity contribution is 5.83. The first kappa shape index (κ1) is 16.7. The third kappa shape index (κ3) is 6.56. The number of Topliss-reactive ketones (excluding diaryl/α,β-unsaturated/α-hetero) is 1. The molecule has 0 heterocycles. The van der Waals surface area contributed by atoms with Gasteiger partial charge in [-0.2, -0.15) is 0 Å². The minimum atomic E-state index is -0.109. The van der Waals surface area contributed by atoms with Gasteiger partial charge in [-0.3, -0.25) is 4.79 Å². The van der Waals surface area contributed by atoms with Crippen LogP contribution in [0.25, 0.3) is 0 Å². The van der Waals surface area contributed by atoms with Crippen molar-refractivity contribution < 1.29 is 9.53 Å². The van der Waals surface area contributed by atoms with Crippen molar-refractivity contribution in [3.63, 3.8) is 0 Å². The number of hydrogen-bond acceptors (Lipinski definition) is 2. The van der Waals surface area contributed by atoms with E-state index in [1.54, 1.807) is 7.11 Å². The molecule has 2 nitrogen and oxygen atoms in total. The fourth-order valence-corrected chi connectivity index (χ4v) is 3.25. The van der Waals surface area contributed by atoms with Crippen molar-refractivity contribution in [2.24, 2.45) is 5.92 Å². The van der Waals surface area contributed by atoms with Crippen LogP contribution in [0.5, 0.6) is 0 Å². The van der Waals surface area contributed by atoms with E-state index in [4.69, 9.17) is 4.74 Å². The zero-order chi connectivity index (χ0) is 13.9. The number of methoxy groups -OCH3 is 1. The van der Waals surface area contributed by atoms with Crippen molar-refractivity contribution in [3.05, 3.63) is 0 Å². The van der Waals surface area contributed by atoms with Crippen molar-refractivity contribution in [2.75, 3.05) is 7.11 Å². The second-order valence-electron chi connectivity index (χ2n) is 6.04. The summed E-state index contributed by atoms with van der Waals surface area (Å²) in [5.74, 6) is 0.852. The van der Waals surface area contributed by atoms with Crippen LogP contribution in [0, 0.1) is 5.92 Å². The molecular formula is C17H32O2. The summed E-state index contributed by atoms with van der Waals surface area (Å²) < 4.78 is 5.46. The molecule has 2 heteroatoms. The lowest BCUT2D eigenvalue weighted by molar-refractivity contribution is -0.132. The van der Waals surface area contributed by atoms with Gasteiger partial charge in [0.15, 0.2) is 5.78 Å². The molecule has 1 aliphatic carbocycles. The molecule has 0 aliphatic heterocycles. The molecule has 112 valence electrons. The molecule has 0 bridgehead atoms. The topological polar surface area (TPSA) is 26.3 Å². The fourth-order valence-electron chi connectivity index (χ4n) is 3.25. The van der Waals surface area contributed by atoms with Crippen molar-refractivity contribution in [1.29, 1.82) is 0 Å². The van der Waals surface area contributed by atoms with Crippen molar-refractivity contribution in [2.45, 2.75) is 90.1 Å². The van der Waals surface area contributed by atoms with Gasteiger partial charge < -0.3 is 4.74 Å². The minimum Gasteiger partial charge on any atom is -0.373 e. The van der Waals surface area contributed by atoms with Gasteiger partial charge in [0.2, 0.25) is 0 Å². The quantitative estimate of drug-likeness (QED) is 0.498. The number of ketones is 1. The maximum atomic E-state index is 12.2. The van der Waals surface area contributed by atoms with Crippen molar-refractivity contribution in [1.82, 2.24) is 0 Å². The Balaban J connectivity index is 2.08. The molecule has 1 atom stereocenters. The van der Waals surface area contributed by atoms with Gasteiger partial charge in [0.05, 0.1) is 0 Å². The Morgan fingerprint density at radius 1 is 1.05 bits per heavy atom. The van der Waals surface area contributed by atoms with Crippen molar-refractivity contribution >= 4 is 5.78 Å². The molecule has 1 unspecified atom stereocenters. The summed E-state index contributed by atoms with van der Waals surface area (Å²) in [5, 5.41) is 0. The van der Waals surface area contributed by atoms with Crippen LogP contribution in [0.4, 0.5) is 0 Å². The monoisotopic (exact) mass is 268 g/mol. The average Bonchev–Trinajstić information content (AvgIpc) is 2.92. The van der Waals surface area contributed by atoms with Crippen LogP contribution in [-0.4, -0.2) is 19.0 Å². The van der Waals surface area contributed by atoms with Gasteiger partial charge >= 0.3 is 0 Å². The molecule has 1 fully saturated rings. The Morgan fingerprint density at radius 2 is 1.63 bits per heavy atom. The Kier molecular flexibility index (Phi) is 9.15. The summed E-state index contributed by atoms with van der Waals surface area (Å²) in [6.45, 7) is 2.24. The van der Waals surface area contributed by atoms with E-state index in [2.05, 4.69) is 6.92 Å². The Hall–Kier alpha value is -0.370. The first-order valence-corrected chi connectivity index (χ1v) is 8.35. The SMILES string of the molecule is CCCCCCCCCC(=O)C(OC)C1CCCC1. The van der Waals surface area contributed by atoms with E-state index in [1.165, 1.54) is 64.2 Å². The fraction of sp³-hybridized carbons (Fsp3) is 0.941. The predicted octanol–water partition coefficient (Wildman–Crippen LogP) is 4.90. The van der Waals surface area contributed by atoms with Crippen LogP contribution in [0.1, 0.15) is 84.0 Å². The van der Waals surface area contributed by atoms with Gasteiger partial charge in [-0.1, -0.05) is 58.3 Å². The molecule has 0 aromatic heterocycles. The smallest absolute Gasteiger partial charge is 0.161 e. The summed E-state index contributed by atoms with van der Waals surface area (Å²) in [6, 6.07) is 0. The Bertz CT molecular complexity index is 231. The Labute approximate surface area is 119 Å². The number of carbonyl (C=O) groups excluding carboxylic acids is 1. The maximum absolute atomic E-state index is 12.2. The average molecular weight is 268 g/mol. The standard InChI is InChI=1S/C17H32O2/c1-3-4-5-6-7-8-9-14-16(18)17(19-2)15-12-10-11-13-15/h15,17H,3-14H2,1-2H3. The van der Waals surface area contributed by atoms with E-state index in [0.717, 1.165) is 12.8 Å². The molecule has 0 spiro atoms. The highest BCUT2D eigenvalue weighted by Crippen LogP contribution is 2.30. The number of rotatable bonds is 11. The van der Waals surface area contributed by atoms with Crippen LogP contribution in [0.15, 0.2) is 0 Å². The zero-order valence-corrected chi connectivity index (χ0v) is 13.0. The molecule has 1 aliphatic rings. The van der Waals surface area contributed by atoms with Crippen LogP contribution < -0.4 is 0 Å². The molecule has 19 heavy (non-hydrogen) atoms. The normalized spacial score (nSPS) is 17.8. The molecule has 0 aromatic rings. The maximum Gasteiger partial charge on any atom is 0.161 e. The Morgan fingerprint density at radius 3 is 2.21 bits per heavy atom. The van der Waals surface area contributed by atoms with E-state index in [9.17, 15) is 4.79 Å². The summed E-state index contributed by atoms with van der Waals surface area (Å²) in [5.41, 5.74) is 0. The van der Waals surface area contributed by atoms with Gasteiger partial charge in [0.1, 0.15) is 6.10 Å². The lowest BCUT2D eigenvalue weighted by atomic mass is 9.94. The second-order valence-corrected chi connectivity index (χ2v) is 6.04. The third-order valence-electron chi connectivity index (χ3n) is 4.43. The summed E-state index contributed by atoms with van der Waals surface area (Å²) in [7, 11) is 1.70. The number of unbranched alkanes of at least 4 members (excludes halogenated alkanes) is 6.